The van der Waals surface area contributed by atoms with Crippen molar-refractivity contribution in [2.24, 2.45) is 13.0 Å². The van der Waals surface area contributed by atoms with Crippen molar-refractivity contribution < 1.29 is 8.68 Å². The summed E-state index contributed by atoms with van der Waals surface area (Å²) in [6.07, 6.45) is 5.72. The Bertz CT molecular complexity index is 701. The molecule has 1 nitrogen and oxygen atoms in total. The molecule has 0 aliphatic rings. The van der Waals surface area contributed by atoms with Crippen molar-refractivity contribution in [3.05, 3.63) is 53.2 Å². The number of pyridine rings is 1. The number of rotatable bonds is 5. The second kappa shape index (κ2) is 6.89. The summed E-state index contributed by atoms with van der Waals surface area (Å²) in [5.74, 6) is 0.733. The van der Waals surface area contributed by atoms with Crippen LogP contribution in [-0.2, 0) is 13.5 Å². The monoisotopic (exact) mass is 285 g/mol. The minimum atomic E-state index is -2.05. The minimum Gasteiger partial charge on any atom is -0.201 e. The van der Waals surface area contributed by atoms with Crippen LogP contribution in [0.15, 0.2) is 36.5 Å². The molecule has 1 aromatic heterocycles. The van der Waals surface area contributed by atoms with Gasteiger partial charge in [0.05, 0.1) is 0 Å². The maximum atomic E-state index is 7.54. The molecule has 2 aromatic rings. The molecule has 0 saturated carbocycles. The highest BCUT2D eigenvalue weighted by molar-refractivity contribution is 5.61. The van der Waals surface area contributed by atoms with Gasteiger partial charge in [0.1, 0.15) is 7.05 Å². The van der Waals surface area contributed by atoms with E-state index < -0.39 is 6.85 Å². The molecule has 0 radical (unpaired) electrons. The minimum absolute atomic E-state index is 0.400. The molecule has 0 saturated heterocycles. The lowest BCUT2D eigenvalue weighted by molar-refractivity contribution is -0.660. The Kier molecular flexibility index (Phi) is 3.92. The van der Waals surface area contributed by atoms with Crippen molar-refractivity contribution in [1.82, 2.24) is 0 Å². The largest absolute Gasteiger partial charge is 0.212 e. The Labute approximate surface area is 133 Å². The van der Waals surface area contributed by atoms with Gasteiger partial charge in [0.15, 0.2) is 6.20 Å². The molecule has 0 amide bonds. The molecule has 1 heterocycles. The Hall–Kier alpha value is -1.63. The van der Waals surface area contributed by atoms with Crippen LogP contribution >= 0.6 is 0 Å². The average molecular weight is 285 g/mol. The van der Waals surface area contributed by atoms with Gasteiger partial charge in [0.25, 0.3) is 0 Å². The highest BCUT2D eigenvalue weighted by atomic mass is 14.9. The van der Waals surface area contributed by atoms with Gasteiger partial charge < -0.3 is 0 Å². The Morgan fingerprint density at radius 2 is 1.90 bits per heavy atom. The van der Waals surface area contributed by atoms with Crippen LogP contribution in [0.1, 0.15) is 47.5 Å². The lowest BCUT2D eigenvalue weighted by Crippen LogP contribution is -2.31. The van der Waals surface area contributed by atoms with E-state index in [1.165, 1.54) is 18.4 Å². The van der Waals surface area contributed by atoms with Gasteiger partial charge in [-0.3, -0.25) is 0 Å². The van der Waals surface area contributed by atoms with Gasteiger partial charge in [0.2, 0.25) is 5.69 Å². The summed E-state index contributed by atoms with van der Waals surface area (Å²) in [4.78, 5) is 0. The summed E-state index contributed by atoms with van der Waals surface area (Å²) in [5, 5.41) is 0. The van der Waals surface area contributed by atoms with E-state index in [9.17, 15) is 0 Å². The topological polar surface area (TPSA) is 3.88 Å². The van der Waals surface area contributed by atoms with Crippen LogP contribution in [0.5, 0.6) is 0 Å². The van der Waals surface area contributed by atoms with Gasteiger partial charge in [-0.05, 0) is 43.8 Å². The maximum absolute atomic E-state index is 7.54. The first-order valence-corrected chi connectivity index (χ1v) is 7.86. The van der Waals surface area contributed by atoms with Crippen molar-refractivity contribution in [3.63, 3.8) is 0 Å². The van der Waals surface area contributed by atoms with Crippen LogP contribution in [0.25, 0.3) is 11.3 Å². The molecule has 0 aliphatic carbocycles. The summed E-state index contributed by atoms with van der Waals surface area (Å²) in [6, 6.07) is 9.76. The zero-order chi connectivity index (χ0) is 17.9. The predicted molar refractivity (Wildman–Crippen MR) is 90.3 cm³/mol. The zero-order valence-corrected chi connectivity index (χ0v) is 13.6. The number of aryl methyl sites for hydroxylation is 3. The summed E-state index contributed by atoms with van der Waals surface area (Å²) in [7, 11) is 2.06. The summed E-state index contributed by atoms with van der Waals surface area (Å²) in [5.41, 5.74) is 4.94. The average Bonchev–Trinajstić information content (AvgIpc) is 2.52. The number of aromatic nitrogens is 1. The normalized spacial score (nSPS) is 13.9. The number of hydrogen-bond acceptors (Lipinski definition) is 0. The number of benzene rings is 1. The third kappa shape index (κ3) is 3.72. The molecule has 0 N–H and O–H groups in total. The van der Waals surface area contributed by atoms with Crippen molar-refractivity contribution in [3.8, 4) is 11.3 Å². The fraction of sp³-hybridized carbons (Fsp3) is 0.450. The van der Waals surface area contributed by atoms with Gasteiger partial charge in [-0.15, -0.1) is 0 Å². The molecule has 1 heteroatoms. The van der Waals surface area contributed by atoms with Crippen molar-refractivity contribution in [1.29, 1.82) is 0 Å². The molecule has 21 heavy (non-hydrogen) atoms. The first-order chi connectivity index (χ1) is 11.3. The van der Waals surface area contributed by atoms with E-state index in [0.29, 0.717) is 5.56 Å². The lowest BCUT2D eigenvalue weighted by atomic mass is 9.95. The molecular weight excluding hydrogens is 254 g/mol. The van der Waals surface area contributed by atoms with Crippen LogP contribution in [0.2, 0.25) is 0 Å². The number of nitrogens with zero attached hydrogens (tertiary/aromatic N) is 1. The Morgan fingerprint density at radius 3 is 2.48 bits per heavy atom. The van der Waals surface area contributed by atoms with Crippen LogP contribution in [0, 0.1) is 19.7 Å². The first kappa shape index (κ1) is 12.0. The molecule has 0 unspecified atom stereocenters. The quantitative estimate of drug-likeness (QED) is 0.696. The van der Waals surface area contributed by atoms with Gasteiger partial charge in [-0.25, -0.2) is 4.57 Å². The van der Waals surface area contributed by atoms with Crippen LogP contribution in [-0.4, -0.2) is 0 Å². The second-order valence-corrected chi connectivity index (χ2v) is 5.95. The maximum Gasteiger partial charge on any atom is 0.212 e. The third-order valence-electron chi connectivity index (χ3n) is 4.38. The van der Waals surface area contributed by atoms with Crippen LogP contribution < -0.4 is 4.57 Å². The standard InChI is InChI=1S/C20H28N/c1-6-17(7-2)13-18-9-11-20(21(5)14-18)19-10-8-15(3)12-16(19)4/h8-12,14,17H,6-7,13H2,1-5H3/q+1/i3D3. The van der Waals surface area contributed by atoms with Gasteiger partial charge >= 0.3 is 0 Å². The van der Waals surface area contributed by atoms with Crippen LogP contribution in [0.3, 0.4) is 0 Å². The second-order valence-electron chi connectivity index (χ2n) is 5.95. The fourth-order valence-corrected chi connectivity index (χ4v) is 2.93. The molecule has 0 bridgehead atoms. The van der Waals surface area contributed by atoms with Gasteiger partial charge in [-0.2, -0.15) is 0 Å². The summed E-state index contributed by atoms with van der Waals surface area (Å²) in [6.45, 7) is 4.42. The number of hydrogen-bond donors (Lipinski definition) is 0. The predicted octanol–water partition coefficient (Wildman–Crippen LogP) is 4.77. The van der Waals surface area contributed by atoms with E-state index in [4.69, 9.17) is 4.11 Å². The smallest absolute Gasteiger partial charge is 0.201 e. The van der Waals surface area contributed by atoms with Crippen LogP contribution in [0.4, 0.5) is 0 Å². The van der Waals surface area contributed by atoms with E-state index in [2.05, 4.69) is 43.8 Å². The third-order valence-corrected chi connectivity index (χ3v) is 4.38. The first-order valence-electron chi connectivity index (χ1n) is 9.36. The van der Waals surface area contributed by atoms with E-state index in [-0.39, 0.29) is 0 Å². The molecule has 0 fully saturated rings. The van der Waals surface area contributed by atoms with Crippen molar-refractivity contribution in [2.75, 3.05) is 0 Å². The molecule has 112 valence electrons. The van der Waals surface area contributed by atoms with E-state index in [1.54, 1.807) is 12.1 Å². The van der Waals surface area contributed by atoms with Gasteiger partial charge in [0, 0.05) is 21.3 Å². The van der Waals surface area contributed by atoms with E-state index >= 15 is 0 Å². The van der Waals surface area contributed by atoms with Crippen molar-refractivity contribution >= 4 is 0 Å². The molecule has 1 aromatic carbocycles. The lowest BCUT2D eigenvalue weighted by Gasteiger charge is -2.12. The highest BCUT2D eigenvalue weighted by Crippen LogP contribution is 2.22. The van der Waals surface area contributed by atoms with E-state index in [1.807, 2.05) is 13.0 Å². The Morgan fingerprint density at radius 1 is 1.14 bits per heavy atom. The molecular formula is C20H28N+. The summed E-state index contributed by atoms with van der Waals surface area (Å²) < 4.78 is 24.8. The molecule has 0 spiro atoms. The SMILES string of the molecule is [2H]C([2H])([2H])c1ccc(-c2ccc(CC(CC)CC)c[n+]2C)c(C)c1. The molecule has 2 rings (SSSR count). The molecule has 0 aliphatic heterocycles. The van der Waals surface area contributed by atoms with E-state index in [0.717, 1.165) is 29.2 Å². The van der Waals surface area contributed by atoms with Gasteiger partial charge in [-0.1, -0.05) is 44.4 Å². The zero-order valence-electron chi connectivity index (χ0n) is 16.6. The molecule has 0 atom stereocenters. The fourth-order valence-electron chi connectivity index (χ4n) is 2.93. The van der Waals surface area contributed by atoms with Crippen molar-refractivity contribution in [2.45, 2.75) is 46.9 Å². The Balaban J connectivity index is 2.33. The highest BCUT2D eigenvalue weighted by Gasteiger charge is 2.14. The summed E-state index contributed by atoms with van der Waals surface area (Å²) >= 11 is 0.